The first kappa shape index (κ1) is 49.0. The molecule has 2 unspecified atom stereocenters. The number of carbonyl (C=O) groups excluding carboxylic acids is 2. The molecule has 9 nitrogen and oxygen atoms in total. The van der Waals surface area contributed by atoms with Crippen LogP contribution in [0, 0.1) is 0 Å². The molecule has 50 heavy (non-hydrogen) atoms. The standard InChI is InChI=1S/C40H80NO8P/c1-6-8-10-12-14-16-18-20-22-24-26-28-30-32-39(42)46-36-38(37-48-50(44,45)47-35-34-41(3,4)5)49-40(43)33-31-29-27-25-23-21-19-17-15-13-11-9-7-2/h38H,6-37H2,1-5H3/i40+2. The zero-order valence-electron chi connectivity index (χ0n) is 33.4. The van der Waals surface area contributed by atoms with Gasteiger partial charge in [-0.05, 0) is 12.8 Å². The number of ether oxygens (including phenoxy) is 2. The molecule has 10 heteroatoms. The first-order valence-electron chi connectivity index (χ1n) is 20.7. The Hall–Kier alpha value is -0.990. The summed E-state index contributed by atoms with van der Waals surface area (Å²) in [5.74, 6) is -0.823. The van der Waals surface area contributed by atoms with Crippen LogP contribution in [0.5, 0.6) is 0 Å². The highest BCUT2D eigenvalue weighted by Gasteiger charge is 2.21. The molecule has 0 aromatic rings. The highest BCUT2D eigenvalue weighted by molar-refractivity contribution is 7.45. The number of likely N-dealkylation sites (N-methyl/N-ethyl adjacent to an activating group) is 1. The summed E-state index contributed by atoms with van der Waals surface area (Å²) in [4.78, 5) is 37.4. The Kier molecular flexibility index (Phi) is 33.2. The van der Waals surface area contributed by atoms with Crippen molar-refractivity contribution in [2.24, 2.45) is 0 Å². The molecule has 0 radical (unpaired) electrons. The number of hydrogen-bond acceptors (Lipinski definition) is 8. The zero-order valence-corrected chi connectivity index (χ0v) is 34.3. The maximum Gasteiger partial charge on any atom is 0.306 e. The molecule has 0 fully saturated rings. The molecule has 0 aliphatic rings. The third-order valence-corrected chi connectivity index (χ3v) is 10.1. The van der Waals surface area contributed by atoms with Gasteiger partial charge in [0.05, 0.1) is 27.7 Å². The fourth-order valence-corrected chi connectivity index (χ4v) is 6.56. The van der Waals surface area contributed by atoms with Crippen molar-refractivity contribution < 1.29 is 42.1 Å². The van der Waals surface area contributed by atoms with Gasteiger partial charge < -0.3 is 27.9 Å². The second-order valence-corrected chi connectivity index (χ2v) is 16.8. The second kappa shape index (κ2) is 33.8. The number of unbranched alkanes of at least 4 members (excludes halogenated alkanes) is 24. The van der Waals surface area contributed by atoms with Crippen molar-refractivity contribution in [2.75, 3.05) is 47.5 Å². The minimum absolute atomic E-state index is 0.0259. The summed E-state index contributed by atoms with van der Waals surface area (Å²) in [6, 6.07) is 0. The Labute approximate surface area is 308 Å². The summed E-state index contributed by atoms with van der Waals surface area (Å²) < 4.78 is 33.8. The van der Waals surface area contributed by atoms with E-state index in [2.05, 4.69) is 13.8 Å². The molecule has 0 aromatic heterocycles. The molecule has 298 valence electrons. The molecule has 0 rings (SSSR count). The molecule has 0 saturated carbocycles. The van der Waals surface area contributed by atoms with Crippen molar-refractivity contribution in [3.63, 3.8) is 0 Å². The van der Waals surface area contributed by atoms with Crippen LogP contribution < -0.4 is 4.89 Å². The lowest BCUT2D eigenvalue weighted by atomic mass is 10.0. The lowest BCUT2D eigenvalue weighted by Gasteiger charge is -2.28. The van der Waals surface area contributed by atoms with Crippen molar-refractivity contribution >= 4 is 19.8 Å². The summed E-state index contributed by atoms with van der Waals surface area (Å²) in [5.41, 5.74) is 0. The van der Waals surface area contributed by atoms with Crippen LogP contribution in [0.4, 0.5) is 0 Å². The fraction of sp³-hybridized carbons (Fsp3) is 0.950. The molecular weight excluding hydrogens is 655 g/mol. The summed E-state index contributed by atoms with van der Waals surface area (Å²) in [5, 5.41) is 0. The van der Waals surface area contributed by atoms with E-state index in [1.165, 1.54) is 128 Å². The molecule has 0 aliphatic heterocycles. The number of carbonyl (C=O) groups is 2. The van der Waals surface area contributed by atoms with E-state index in [-0.39, 0.29) is 32.0 Å². The molecule has 0 aliphatic carbocycles. The number of nitrogens with zero attached hydrogens (tertiary/aromatic N) is 1. The van der Waals surface area contributed by atoms with Crippen LogP contribution in [0.1, 0.15) is 194 Å². The molecule has 0 bridgehead atoms. The van der Waals surface area contributed by atoms with E-state index in [1.807, 2.05) is 21.1 Å². The van der Waals surface area contributed by atoms with Gasteiger partial charge >= 0.3 is 11.9 Å². The monoisotopic (exact) mass is 736 g/mol. The number of quaternary nitrogens is 1. The molecule has 0 spiro atoms. The van der Waals surface area contributed by atoms with Crippen molar-refractivity contribution in [3.05, 3.63) is 0 Å². The predicted octanol–water partition coefficient (Wildman–Crippen LogP) is 10.6. The van der Waals surface area contributed by atoms with Crippen molar-refractivity contribution in [1.82, 2.24) is 0 Å². The van der Waals surface area contributed by atoms with Crippen molar-refractivity contribution in [3.8, 4) is 0 Å². The van der Waals surface area contributed by atoms with E-state index >= 15 is 0 Å². The van der Waals surface area contributed by atoms with Gasteiger partial charge in [-0.3, -0.25) is 14.2 Å². The third kappa shape index (κ3) is 36.8. The van der Waals surface area contributed by atoms with Gasteiger partial charge in [-0.15, -0.1) is 0 Å². The third-order valence-electron chi connectivity index (χ3n) is 9.13. The van der Waals surface area contributed by atoms with Crippen molar-refractivity contribution in [2.45, 2.75) is 200 Å². The fourth-order valence-electron chi connectivity index (χ4n) is 5.83. The molecule has 0 heterocycles. The van der Waals surface area contributed by atoms with E-state index in [0.717, 1.165) is 32.1 Å². The van der Waals surface area contributed by atoms with Gasteiger partial charge in [0.2, 0.25) is 0 Å². The smallest absolute Gasteiger partial charge is 0.306 e. The van der Waals surface area contributed by atoms with Crippen LogP contribution in [0.2, 0.25) is 0 Å². The lowest BCUT2D eigenvalue weighted by Crippen LogP contribution is -2.37. The maximum absolute atomic E-state index is 12.6. The van der Waals surface area contributed by atoms with Crippen LogP contribution >= 0.6 is 7.82 Å². The van der Waals surface area contributed by atoms with E-state index in [4.69, 9.17) is 18.5 Å². The number of rotatable bonds is 38. The highest BCUT2D eigenvalue weighted by atomic mass is 31.2. The van der Waals surface area contributed by atoms with Crippen LogP contribution in [0.3, 0.4) is 0 Å². The lowest BCUT2D eigenvalue weighted by molar-refractivity contribution is -0.870. The maximum atomic E-state index is 12.6. The van der Waals surface area contributed by atoms with Gasteiger partial charge in [0.25, 0.3) is 7.82 Å². The molecule has 0 saturated heterocycles. The molecule has 2 atom stereocenters. The minimum Gasteiger partial charge on any atom is -0.756 e. The number of phosphoric acid groups is 1. The second-order valence-electron chi connectivity index (χ2n) is 15.4. The molecule has 0 N–H and O–H groups in total. The van der Waals surface area contributed by atoms with Crippen LogP contribution in [0.25, 0.3) is 0 Å². The minimum atomic E-state index is -4.61. The Balaban J connectivity index is 4.36. The Bertz CT molecular complexity index is 835. The number of phosphoric ester groups is 1. The molecule has 0 aromatic carbocycles. The summed E-state index contributed by atoms with van der Waals surface area (Å²) >= 11 is 0. The van der Waals surface area contributed by atoms with Crippen molar-refractivity contribution in [1.29, 1.82) is 0 Å². The zero-order chi connectivity index (χ0) is 37.2. The number of hydrogen-bond donors (Lipinski definition) is 0. The highest BCUT2D eigenvalue weighted by Crippen LogP contribution is 2.38. The van der Waals surface area contributed by atoms with E-state index in [9.17, 15) is 19.0 Å². The summed E-state index contributed by atoms with van der Waals surface area (Å²) in [7, 11) is 1.18. The van der Waals surface area contributed by atoms with Gasteiger partial charge in [0.1, 0.15) is 19.8 Å². The molecular formula is C40H80NO8P. The van der Waals surface area contributed by atoms with Gasteiger partial charge in [0.15, 0.2) is 6.10 Å². The largest absolute Gasteiger partial charge is 0.756 e. The Morgan fingerprint density at radius 1 is 0.620 bits per heavy atom. The summed E-state index contributed by atoms with van der Waals surface area (Å²) in [6.45, 7) is 4.24. The van der Waals surface area contributed by atoms with Crippen LogP contribution in [-0.4, -0.2) is 70.0 Å². The first-order chi connectivity index (χ1) is 24.0. The van der Waals surface area contributed by atoms with Gasteiger partial charge in [-0.2, -0.15) is 0 Å². The van der Waals surface area contributed by atoms with Gasteiger partial charge in [-0.25, -0.2) is 0 Å². The van der Waals surface area contributed by atoms with E-state index in [1.54, 1.807) is 0 Å². The van der Waals surface area contributed by atoms with Gasteiger partial charge in [-0.1, -0.05) is 168 Å². The van der Waals surface area contributed by atoms with Crippen LogP contribution in [0.15, 0.2) is 0 Å². The predicted molar refractivity (Wildman–Crippen MR) is 204 cm³/mol. The summed E-state index contributed by atoms with van der Waals surface area (Å²) in [6.07, 6.45) is 31.2. The van der Waals surface area contributed by atoms with Crippen LogP contribution in [-0.2, 0) is 32.7 Å². The Morgan fingerprint density at radius 3 is 1.44 bits per heavy atom. The Morgan fingerprint density at radius 2 is 1.02 bits per heavy atom. The first-order valence-corrected chi connectivity index (χ1v) is 22.2. The average molecular weight is 736 g/mol. The molecule has 0 amide bonds. The SMILES string of the molecule is CCCCCCCCCCCCCCCC(=O)OCC(COP(=O)([O-])OCC[N+](C)(C)C)O[14C](=O)CCCCCCCCCCCCCCC. The normalized spacial score (nSPS) is 13.6. The average Bonchev–Trinajstić information content (AvgIpc) is 3.06. The number of esters is 2. The quantitative estimate of drug-likeness (QED) is 0.0267. The topological polar surface area (TPSA) is 111 Å². The van der Waals surface area contributed by atoms with E-state index < -0.39 is 26.5 Å². The van der Waals surface area contributed by atoms with E-state index in [0.29, 0.717) is 17.4 Å². The van der Waals surface area contributed by atoms with Gasteiger partial charge in [0, 0.05) is 12.8 Å².